The van der Waals surface area contributed by atoms with Crippen molar-refractivity contribution in [3.63, 3.8) is 0 Å². The maximum atomic E-state index is 13.6. The second kappa shape index (κ2) is 6.74. The number of aromatic amines is 1. The third-order valence-corrected chi connectivity index (χ3v) is 6.08. The number of aromatic nitrogens is 2. The number of nitrogens with one attached hydrogen (secondary N) is 1. The van der Waals surface area contributed by atoms with Crippen LogP contribution in [-0.4, -0.2) is 27.0 Å². The Kier molecular flexibility index (Phi) is 4.20. The number of halogens is 2. The van der Waals surface area contributed by atoms with Crippen molar-refractivity contribution in [3.8, 4) is 11.3 Å². The van der Waals surface area contributed by atoms with Gasteiger partial charge in [-0.3, -0.25) is 9.89 Å². The molecule has 142 valence electrons. The van der Waals surface area contributed by atoms with Gasteiger partial charge in [0.25, 0.3) is 5.91 Å². The van der Waals surface area contributed by atoms with Crippen LogP contribution in [0.1, 0.15) is 53.3 Å². The van der Waals surface area contributed by atoms with Crippen molar-refractivity contribution in [2.24, 2.45) is 0 Å². The van der Waals surface area contributed by atoms with Crippen molar-refractivity contribution in [1.82, 2.24) is 15.1 Å². The molecule has 6 heteroatoms. The zero-order valence-corrected chi connectivity index (χ0v) is 15.9. The quantitative estimate of drug-likeness (QED) is 0.649. The molecule has 5 rings (SSSR count). The minimum atomic E-state index is -0.286. The molecule has 2 heterocycles. The predicted molar refractivity (Wildman–Crippen MR) is 106 cm³/mol. The fourth-order valence-electron chi connectivity index (χ4n) is 4.52. The van der Waals surface area contributed by atoms with Crippen LogP contribution in [0, 0.1) is 5.82 Å². The van der Waals surface area contributed by atoms with E-state index in [0.717, 1.165) is 48.1 Å². The topological polar surface area (TPSA) is 49.0 Å². The van der Waals surface area contributed by atoms with Crippen molar-refractivity contribution in [2.75, 3.05) is 0 Å². The summed E-state index contributed by atoms with van der Waals surface area (Å²) in [5, 5.41) is 8.07. The summed E-state index contributed by atoms with van der Waals surface area (Å²) in [5.74, 6) is -0.310. The number of benzene rings is 2. The summed E-state index contributed by atoms with van der Waals surface area (Å²) in [7, 11) is 0. The molecule has 0 spiro atoms. The number of carbonyl (C=O) groups excluding carboxylic acids is 1. The predicted octanol–water partition coefficient (Wildman–Crippen LogP) is 5.36. The molecule has 1 saturated carbocycles. The number of nitrogens with zero attached hydrogens (tertiary/aromatic N) is 2. The normalized spacial score (nSPS) is 19.4. The van der Waals surface area contributed by atoms with Gasteiger partial charge in [0, 0.05) is 22.2 Å². The summed E-state index contributed by atoms with van der Waals surface area (Å²) in [6, 6.07) is 13.8. The molecule has 1 amide bonds. The zero-order valence-electron chi connectivity index (χ0n) is 15.2. The third-order valence-electron chi connectivity index (χ3n) is 5.83. The van der Waals surface area contributed by atoms with Crippen LogP contribution in [0.5, 0.6) is 0 Å². The Morgan fingerprint density at radius 2 is 1.71 bits per heavy atom. The molecule has 1 aromatic heterocycles. The number of H-pyrrole nitrogens is 1. The maximum absolute atomic E-state index is 13.6. The first-order chi connectivity index (χ1) is 13.6. The van der Waals surface area contributed by atoms with Gasteiger partial charge in [0.15, 0.2) is 0 Å². The second-order valence-corrected chi connectivity index (χ2v) is 7.91. The lowest BCUT2D eigenvalue weighted by Gasteiger charge is -2.31. The number of hydrogen-bond donors (Lipinski definition) is 1. The number of hydrogen-bond acceptors (Lipinski definition) is 2. The van der Waals surface area contributed by atoms with Gasteiger partial charge in [0.05, 0.1) is 11.7 Å². The molecule has 0 saturated heterocycles. The van der Waals surface area contributed by atoms with Crippen LogP contribution in [-0.2, 0) is 0 Å². The van der Waals surface area contributed by atoms with E-state index in [4.69, 9.17) is 11.6 Å². The first-order valence-corrected chi connectivity index (χ1v) is 9.93. The molecule has 1 atom stereocenters. The zero-order chi connectivity index (χ0) is 19.3. The fraction of sp³-hybridized carbons (Fsp3) is 0.273. The lowest BCUT2D eigenvalue weighted by molar-refractivity contribution is 0.0660. The van der Waals surface area contributed by atoms with E-state index in [1.54, 1.807) is 12.1 Å². The van der Waals surface area contributed by atoms with Gasteiger partial charge in [0.1, 0.15) is 11.5 Å². The molecule has 1 aliphatic carbocycles. The summed E-state index contributed by atoms with van der Waals surface area (Å²) < 4.78 is 13.6. The fourth-order valence-corrected chi connectivity index (χ4v) is 4.65. The molecule has 28 heavy (non-hydrogen) atoms. The van der Waals surface area contributed by atoms with E-state index >= 15 is 0 Å². The molecule has 2 aromatic carbocycles. The summed E-state index contributed by atoms with van der Waals surface area (Å²) in [6.45, 7) is 0. The standard InChI is InChI=1S/C22H19ClFN3O/c23-15-9-5-13(6-10-15)19-18-20(26-25-19)22(28)27(17-3-1-2-4-17)21(18)14-7-11-16(24)12-8-14/h5-12,17,21H,1-4H2,(H,25,26). The Labute approximate surface area is 167 Å². The Morgan fingerprint density at radius 1 is 1.04 bits per heavy atom. The highest BCUT2D eigenvalue weighted by Crippen LogP contribution is 2.46. The highest BCUT2D eigenvalue weighted by molar-refractivity contribution is 6.30. The first kappa shape index (κ1) is 17.4. The Balaban J connectivity index is 1.67. The Morgan fingerprint density at radius 3 is 2.39 bits per heavy atom. The van der Waals surface area contributed by atoms with Crippen LogP contribution in [0.4, 0.5) is 4.39 Å². The molecule has 0 bridgehead atoms. The SMILES string of the molecule is O=C1c2[nH]nc(-c3ccc(Cl)cc3)c2C(c2ccc(F)cc2)N1C1CCCC1. The largest absolute Gasteiger partial charge is 0.323 e. The summed E-state index contributed by atoms with van der Waals surface area (Å²) in [4.78, 5) is 15.3. The minimum Gasteiger partial charge on any atom is -0.323 e. The second-order valence-electron chi connectivity index (χ2n) is 7.47. The van der Waals surface area contributed by atoms with Gasteiger partial charge >= 0.3 is 0 Å². The van der Waals surface area contributed by atoms with Gasteiger partial charge in [-0.2, -0.15) is 5.10 Å². The van der Waals surface area contributed by atoms with E-state index in [-0.39, 0.29) is 23.8 Å². The number of amides is 1. The van der Waals surface area contributed by atoms with E-state index < -0.39 is 0 Å². The third kappa shape index (κ3) is 2.73. The van der Waals surface area contributed by atoms with Gasteiger partial charge in [-0.05, 0) is 42.7 Å². The van der Waals surface area contributed by atoms with Crippen LogP contribution in [0.2, 0.25) is 5.02 Å². The number of fused-ring (bicyclic) bond motifs is 1. The molecule has 3 aromatic rings. The van der Waals surface area contributed by atoms with Crippen molar-refractivity contribution in [1.29, 1.82) is 0 Å². The highest BCUT2D eigenvalue weighted by Gasteiger charge is 2.45. The van der Waals surface area contributed by atoms with Crippen LogP contribution < -0.4 is 0 Å². The van der Waals surface area contributed by atoms with E-state index in [2.05, 4.69) is 10.2 Å². The lowest BCUT2D eigenvalue weighted by Crippen LogP contribution is -2.37. The first-order valence-electron chi connectivity index (χ1n) is 9.56. The van der Waals surface area contributed by atoms with Crippen molar-refractivity contribution in [2.45, 2.75) is 37.8 Å². The van der Waals surface area contributed by atoms with Crippen molar-refractivity contribution in [3.05, 3.63) is 76.2 Å². The minimum absolute atomic E-state index is 0.0241. The molecular formula is C22H19ClFN3O. The monoisotopic (exact) mass is 395 g/mol. The van der Waals surface area contributed by atoms with Crippen LogP contribution >= 0.6 is 11.6 Å². The Bertz CT molecular complexity index is 1020. The summed E-state index contributed by atoms with van der Waals surface area (Å²) in [5.41, 5.74) is 3.94. The number of carbonyl (C=O) groups is 1. The van der Waals surface area contributed by atoms with Gasteiger partial charge in [-0.15, -0.1) is 0 Å². The van der Waals surface area contributed by atoms with Gasteiger partial charge in [-0.25, -0.2) is 4.39 Å². The summed E-state index contributed by atoms with van der Waals surface area (Å²) >= 11 is 6.04. The van der Waals surface area contributed by atoms with Gasteiger partial charge in [-0.1, -0.05) is 48.7 Å². The van der Waals surface area contributed by atoms with E-state index in [1.165, 1.54) is 12.1 Å². The number of rotatable bonds is 3. The van der Waals surface area contributed by atoms with Crippen LogP contribution in [0.3, 0.4) is 0 Å². The van der Waals surface area contributed by atoms with Crippen LogP contribution in [0.25, 0.3) is 11.3 Å². The van der Waals surface area contributed by atoms with E-state index in [1.807, 2.05) is 29.2 Å². The van der Waals surface area contributed by atoms with Gasteiger partial charge < -0.3 is 4.90 Å². The summed E-state index contributed by atoms with van der Waals surface area (Å²) in [6.07, 6.45) is 4.25. The molecule has 1 N–H and O–H groups in total. The molecule has 0 radical (unpaired) electrons. The maximum Gasteiger partial charge on any atom is 0.273 e. The molecule has 1 aliphatic heterocycles. The van der Waals surface area contributed by atoms with E-state index in [9.17, 15) is 9.18 Å². The average molecular weight is 396 g/mol. The molecular weight excluding hydrogens is 377 g/mol. The molecule has 2 aliphatic rings. The van der Waals surface area contributed by atoms with Crippen molar-refractivity contribution < 1.29 is 9.18 Å². The smallest absolute Gasteiger partial charge is 0.273 e. The van der Waals surface area contributed by atoms with Crippen molar-refractivity contribution >= 4 is 17.5 Å². The average Bonchev–Trinajstić information content (AvgIpc) is 3.41. The van der Waals surface area contributed by atoms with Gasteiger partial charge in [0.2, 0.25) is 0 Å². The lowest BCUT2D eigenvalue weighted by atomic mass is 9.95. The molecule has 1 fully saturated rings. The van der Waals surface area contributed by atoms with E-state index in [0.29, 0.717) is 10.7 Å². The van der Waals surface area contributed by atoms with Crippen LogP contribution in [0.15, 0.2) is 48.5 Å². The molecule has 1 unspecified atom stereocenters. The highest BCUT2D eigenvalue weighted by atomic mass is 35.5. The molecule has 4 nitrogen and oxygen atoms in total. The Hall–Kier alpha value is -2.66.